The Morgan fingerprint density at radius 1 is 1.30 bits per heavy atom. The van der Waals surface area contributed by atoms with Gasteiger partial charge in [0.25, 0.3) is 5.56 Å². The SMILES string of the molecule is O=c1ccc(-n2ccnc2)nn1CC1CCCN1c1cnsn1. The van der Waals surface area contributed by atoms with E-state index in [2.05, 4.69) is 23.7 Å². The summed E-state index contributed by atoms with van der Waals surface area (Å²) in [7, 11) is 0. The normalized spacial score (nSPS) is 17.7. The van der Waals surface area contributed by atoms with Gasteiger partial charge in [-0.05, 0) is 18.9 Å². The van der Waals surface area contributed by atoms with Gasteiger partial charge in [-0.1, -0.05) is 0 Å². The minimum Gasteiger partial charge on any atom is -0.350 e. The topological polar surface area (TPSA) is 81.7 Å². The number of imidazole rings is 1. The van der Waals surface area contributed by atoms with Gasteiger partial charge < -0.3 is 4.90 Å². The number of aromatic nitrogens is 6. The smallest absolute Gasteiger partial charge is 0.266 e. The largest absolute Gasteiger partial charge is 0.350 e. The van der Waals surface area contributed by atoms with Crippen molar-refractivity contribution < 1.29 is 0 Å². The quantitative estimate of drug-likeness (QED) is 0.709. The summed E-state index contributed by atoms with van der Waals surface area (Å²) in [6.45, 7) is 1.48. The average molecular weight is 329 g/mol. The minimum atomic E-state index is -0.0999. The molecular formula is C14H15N7OS. The summed E-state index contributed by atoms with van der Waals surface area (Å²) in [5.41, 5.74) is -0.0999. The Bertz CT molecular complexity index is 827. The maximum Gasteiger partial charge on any atom is 0.266 e. The fraction of sp³-hybridized carbons (Fsp3) is 0.357. The first-order chi connectivity index (χ1) is 11.3. The molecule has 1 fully saturated rings. The van der Waals surface area contributed by atoms with Gasteiger partial charge in [0.1, 0.15) is 6.33 Å². The molecule has 4 rings (SSSR count). The van der Waals surface area contributed by atoms with Gasteiger partial charge in [0, 0.05) is 25.0 Å². The van der Waals surface area contributed by atoms with Crippen molar-refractivity contribution in [1.29, 1.82) is 0 Å². The van der Waals surface area contributed by atoms with Crippen LogP contribution in [0.1, 0.15) is 12.8 Å². The van der Waals surface area contributed by atoms with Crippen molar-refractivity contribution in [3.63, 3.8) is 0 Å². The molecule has 0 aliphatic carbocycles. The van der Waals surface area contributed by atoms with E-state index < -0.39 is 0 Å². The van der Waals surface area contributed by atoms with Crippen molar-refractivity contribution >= 4 is 17.5 Å². The Kier molecular flexibility index (Phi) is 3.62. The second kappa shape index (κ2) is 5.92. The van der Waals surface area contributed by atoms with E-state index in [9.17, 15) is 4.79 Å². The van der Waals surface area contributed by atoms with Crippen LogP contribution in [-0.2, 0) is 6.54 Å². The van der Waals surface area contributed by atoms with E-state index in [0.717, 1.165) is 25.2 Å². The zero-order chi connectivity index (χ0) is 15.6. The Morgan fingerprint density at radius 3 is 3.04 bits per heavy atom. The third-order valence-corrected chi connectivity index (χ3v) is 4.49. The van der Waals surface area contributed by atoms with E-state index in [-0.39, 0.29) is 11.6 Å². The second-order valence-electron chi connectivity index (χ2n) is 5.44. The van der Waals surface area contributed by atoms with E-state index in [1.165, 1.54) is 16.4 Å². The van der Waals surface area contributed by atoms with Gasteiger partial charge in [0.2, 0.25) is 0 Å². The van der Waals surface area contributed by atoms with Crippen LogP contribution in [0, 0.1) is 0 Å². The van der Waals surface area contributed by atoms with Crippen molar-refractivity contribution in [2.45, 2.75) is 25.4 Å². The van der Waals surface area contributed by atoms with Crippen LogP contribution in [0.3, 0.4) is 0 Å². The van der Waals surface area contributed by atoms with Crippen molar-refractivity contribution in [2.75, 3.05) is 11.4 Å². The maximum absolute atomic E-state index is 12.2. The molecule has 1 atom stereocenters. The van der Waals surface area contributed by atoms with Crippen LogP contribution >= 0.6 is 11.7 Å². The second-order valence-corrected chi connectivity index (χ2v) is 5.99. The van der Waals surface area contributed by atoms with Crippen molar-refractivity contribution in [2.24, 2.45) is 0 Å². The first kappa shape index (κ1) is 14.1. The molecule has 0 bridgehead atoms. The number of hydrogen-bond donors (Lipinski definition) is 0. The average Bonchev–Trinajstić information content (AvgIpc) is 3.31. The van der Waals surface area contributed by atoms with Crippen molar-refractivity contribution in [3.05, 3.63) is 47.4 Å². The zero-order valence-corrected chi connectivity index (χ0v) is 13.1. The summed E-state index contributed by atoms with van der Waals surface area (Å²) in [6.07, 6.45) is 9.03. The summed E-state index contributed by atoms with van der Waals surface area (Å²) < 4.78 is 11.7. The van der Waals surface area contributed by atoms with Gasteiger partial charge in [-0.25, -0.2) is 9.67 Å². The lowest BCUT2D eigenvalue weighted by atomic mass is 10.2. The van der Waals surface area contributed by atoms with Gasteiger partial charge in [-0.15, -0.1) is 0 Å². The summed E-state index contributed by atoms with van der Waals surface area (Å²) in [6, 6.07) is 3.46. The standard InChI is InChI=1S/C14H15N7OS/c22-14-4-3-12(19-7-5-15-10-19)17-21(14)9-11-2-1-6-20(11)13-8-16-23-18-13/h3-5,7-8,10-11H,1-2,6,9H2. The van der Waals surface area contributed by atoms with Gasteiger partial charge in [0.05, 0.1) is 30.5 Å². The Labute approximate surface area is 136 Å². The van der Waals surface area contributed by atoms with Gasteiger partial charge in [0.15, 0.2) is 11.6 Å². The number of hydrogen-bond acceptors (Lipinski definition) is 7. The van der Waals surface area contributed by atoms with E-state index in [4.69, 9.17) is 0 Å². The first-order valence-electron chi connectivity index (χ1n) is 7.42. The fourth-order valence-electron chi connectivity index (χ4n) is 2.91. The minimum absolute atomic E-state index is 0.0999. The molecule has 3 aromatic rings. The Morgan fingerprint density at radius 2 is 2.26 bits per heavy atom. The van der Waals surface area contributed by atoms with Crippen LogP contribution in [-0.4, -0.2) is 40.7 Å². The highest BCUT2D eigenvalue weighted by molar-refractivity contribution is 6.99. The van der Waals surface area contributed by atoms with Gasteiger partial charge in [-0.2, -0.15) is 13.8 Å². The van der Waals surface area contributed by atoms with Crippen molar-refractivity contribution in [3.8, 4) is 5.82 Å². The van der Waals surface area contributed by atoms with Crippen LogP contribution in [0.25, 0.3) is 5.82 Å². The monoisotopic (exact) mass is 329 g/mol. The van der Waals surface area contributed by atoms with Gasteiger partial charge >= 0.3 is 0 Å². The zero-order valence-electron chi connectivity index (χ0n) is 12.3. The highest BCUT2D eigenvalue weighted by atomic mass is 32.1. The third kappa shape index (κ3) is 2.74. The van der Waals surface area contributed by atoms with Crippen LogP contribution < -0.4 is 10.5 Å². The molecule has 1 aliphatic heterocycles. The molecule has 0 saturated carbocycles. The van der Waals surface area contributed by atoms with E-state index >= 15 is 0 Å². The predicted octanol–water partition coefficient (Wildman–Crippen LogP) is 0.950. The lowest BCUT2D eigenvalue weighted by Gasteiger charge is -2.24. The van der Waals surface area contributed by atoms with E-state index in [0.29, 0.717) is 12.4 Å². The summed E-state index contributed by atoms with van der Waals surface area (Å²) in [4.78, 5) is 18.4. The molecule has 1 aliphatic rings. The van der Waals surface area contributed by atoms with Crippen LogP contribution in [0.2, 0.25) is 0 Å². The highest BCUT2D eigenvalue weighted by Crippen LogP contribution is 2.24. The van der Waals surface area contributed by atoms with Crippen LogP contribution in [0.15, 0.2) is 41.8 Å². The molecule has 1 saturated heterocycles. The molecule has 0 amide bonds. The molecule has 1 unspecified atom stereocenters. The lowest BCUT2D eigenvalue weighted by molar-refractivity contribution is 0.485. The van der Waals surface area contributed by atoms with Crippen molar-refractivity contribution in [1.82, 2.24) is 28.1 Å². The first-order valence-corrected chi connectivity index (χ1v) is 8.15. The van der Waals surface area contributed by atoms with E-state index in [1.807, 2.05) is 0 Å². The molecular weight excluding hydrogens is 314 g/mol. The molecule has 23 heavy (non-hydrogen) atoms. The molecule has 0 radical (unpaired) electrons. The molecule has 0 aromatic carbocycles. The predicted molar refractivity (Wildman–Crippen MR) is 85.9 cm³/mol. The third-order valence-electron chi connectivity index (χ3n) is 4.03. The Balaban J connectivity index is 1.61. The molecule has 9 heteroatoms. The number of anilines is 1. The van der Waals surface area contributed by atoms with Crippen LogP contribution in [0.5, 0.6) is 0 Å². The van der Waals surface area contributed by atoms with Gasteiger partial charge in [-0.3, -0.25) is 9.36 Å². The fourth-order valence-corrected chi connectivity index (χ4v) is 3.34. The lowest BCUT2D eigenvalue weighted by Crippen LogP contribution is -2.37. The maximum atomic E-state index is 12.2. The summed E-state index contributed by atoms with van der Waals surface area (Å²) in [5.74, 6) is 1.57. The molecule has 3 aromatic heterocycles. The molecule has 0 N–H and O–H groups in total. The highest BCUT2D eigenvalue weighted by Gasteiger charge is 2.27. The summed E-state index contributed by atoms with van der Waals surface area (Å²) >= 11 is 1.20. The summed E-state index contributed by atoms with van der Waals surface area (Å²) in [5, 5.41) is 4.46. The number of nitrogens with zero attached hydrogens (tertiary/aromatic N) is 7. The Hall–Kier alpha value is -2.55. The molecule has 4 heterocycles. The molecule has 118 valence electrons. The molecule has 8 nitrogen and oxygen atoms in total. The number of rotatable bonds is 4. The molecule has 0 spiro atoms. The van der Waals surface area contributed by atoms with E-state index in [1.54, 1.807) is 41.6 Å². The van der Waals surface area contributed by atoms with Crippen LogP contribution in [0.4, 0.5) is 5.82 Å².